The van der Waals surface area contributed by atoms with E-state index in [-0.39, 0.29) is 0 Å². The summed E-state index contributed by atoms with van der Waals surface area (Å²) in [5, 5.41) is 8.65. The van der Waals surface area contributed by atoms with Crippen LogP contribution in [0.15, 0.2) is 6.20 Å². The van der Waals surface area contributed by atoms with Crippen molar-refractivity contribution in [2.45, 2.75) is 25.8 Å². The van der Waals surface area contributed by atoms with Crippen LogP contribution in [0.4, 0.5) is 22.0 Å². The minimum atomic E-state index is -5.13. The van der Waals surface area contributed by atoms with E-state index >= 15 is 0 Å². The summed E-state index contributed by atoms with van der Waals surface area (Å²) in [4.78, 5) is 13.7. The molecule has 0 bridgehead atoms. The summed E-state index contributed by atoms with van der Waals surface area (Å²) in [5.74, 6) is -2.62. The molecule has 3 N–H and O–H groups in total. The number of alkyl halides is 5. The number of hydrogen-bond donors (Lipinski definition) is 2. The Labute approximate surface area is 109 Å². The largest absolute Gasteiger partial charge is 0.574 e. The van der Waals surface area contributed by atoms with E-state index in [4.69, 9.17) is 10.8 Å². The number of nitrogens with zero attached hydrogens (tertiary/aromatic N) is 1. The third kappa shape index (κ3) is 4.02. The number of nitrogens with two attached hydrogens (primary N) is 1. The molecule has 0 aromatic carbocycles. The average Bonchev–Trinajstić information content (AvgIpc) is 2.28. The van der Waals surface area contributed by atoms with Gasteiger partial charge in [-0.15, -0.1) is 13.2 Å². The van der Waals surface area contributed by atoms with Crippen LogP contribution in [0.1, 0.15) is 23.1 Å². The number of carbonyl (C=O) groups is 1. The van der Waals surface area contributed by atoms with Crippen LogP contribution in [0.3, 0.4) is 0 Å². The smallest absolute Gasteiger partial charge is 0.481 e. The lowest BCUT2D eigenvalue weighted by atomic mass is 10.0. The molecule has 0 spiro atoms. The monoisotopic (exact) mass is 300 g/mol. The van der Waals surface area contributed by atoms with Gasteiger partial charge in [0.25, 0.3) is 6.43 Å². The maximum atomic E-state index is 12.7. The van der Waals surface area contributed by atoms with Crippen LogP contribution in [0.2, 0.25) is 0 Å². The Kier molecular flexibility index (Phi) is 4.82. The lowest BCUT2D eigenvalue weighted by molar-refractivity contribution is -0.276. The number of carboxylic acids is 1. The van der Waals surface area contributed by atoms with Gasteiger partial charge in [-0.1, -0.05) is 0 Å². The maximum Gasteiger partial charge on any atom is 0.574 e. The average molecular weight is 300 g/mol. The van der Waals surface area contributed by atoms with Gasteiger partial charge >= 0.3 is 12.3 Å². The van der Waals surface area contributed by atoms with E-state index in [0.717, 1.165) is 0 Å². The van der Waals surface area contributed by atoms with E-state index in [1.165, 1.54) is 0 Å². The zero-order valence-corrected chi connectivity index (χ0v) is 9.75. The van der Waals surface area contributed by atoms with Crippen LogP contribution < -0.4 is 10.5 Å². The van der Waals surface area contributed by atoms with Crippen LogP contribution in [-0.2, 0) is 17.8 Å². The van der Waals surface area contributed by atoms with Gasteiger partial charge in [0.2, 0.25) is 5.88 Å². The van der Waals surface area contributed by atoms with Gasteiger partial charge in [0, 0.05) is 23.9 Å². The van der Waals surface area contributed by atoms with Crippen molar-refractivity contribution in [3.8, 4) is 5.88 Å². The van der Waals surface area contributed by atoms with Gasteiger partial charge in [-0.25, -0.2) is 13.8 Å². The van der Waals surface area contributed by atoms with Crippen LogP contribution in [0, 0.1) is 0 Å². The fourth-order valence-corrected chi connectivity index (χ4v) is 1.55. The molecule has 1 aromatic rings. The fraction of sp³-hybridized carbons (Fsp3) is 0.400. The number of pyridine rings is 1. The van der Waals surface area contributed by atoms with Crippen molar-refractivity contribution in [2.24, 2.45) is 5.73 Å². The SMILES string of the molecule is NCc1c(C(F)F)cnc(OC(F)(F)F)c1CC(=O)O. The molecule has 112 valence electrons. The van der Waals surface area contributed by atoms with Crippen molar-refractivity contribution in [3.63, 3.8) is 0 Å². The third-order valence-electron chi connectivity index (χ3n) is 2.27. The fourth-order valence-electron chi connectivity index (χ4n) is 1.55. The number of ether oxygens (including phenoxy) is 1. The Hall–Kier alpha value is -1.97. The van der Waals surface area contributed by atoms with E-state index in [9.17, 15) is 26.7 Å². The molecule has 0 atom stereocenters. The predicted molar refractivity (Wildman–Crippen MR) is 55.1 cm³/mol. The molecular formula is C10H9F5N2O3. The molecule has 0 unspecified atom stereocenters. The highest BCUT2D eigenvalue weighted by atomic mass is 19.4. The summed E-state index contributed by atoms with van der Waals surface area (Å²) in [6.07, 6.45) is -8.66. The van der Waals surface area contributed by atoms with Crippen LogP contribution in [-0.4, -0.2) is 22.4 Å². The number of halogens is 5. The summed E-state index contributed by atoms with van der Waals surface area (Å²) in [6, 6.07) is 0. The van der Waals surface area contributed by atoms with Gasteiger partial charge in [0.15, 0.2) is 0 Å². The van der Waals surface area contributed by atoms with Gasteiger partial charge in [0.1, 0.15) is 0 Å². The molecule has 1 aromatic heterocycles. The zero-order chi connectivity index (χ0) is 15.5. The Morgan fingerprint density at radius 1 is 1.40 bits per heavy atom. The third-order valence-corrected chi connectivity index (χ3v) is 2.27. The molecule has 10 heteroatoms. The molecule has 20 heavy (non-hydrogen) atoms. The van der Waals surface area contributed by atoms with Gasteiger partial charge < -0.3 is 15.6 Å². The quantitative estimate of drug-likeness (QED) is 0.812. The van der Waals surface area contributed by atoms with E-state index < -0.39 is 54.3 Å². The van der Waals surface area contributed by atoms with Crippen molar-refractivity contribution in [1.82, 2.24) is 4.98 Å². The standard InChI is InChI=1S/C10H9F5N2O3/c11-8(12)6-3-17-9(20-10(13,14)15)4(1-7(18)19)5(6)2-16/h3,8H,1-2,16H2,(H,18,19). The molecule has 1 heterocycles. The Balaban J connectivity index is 3.40. The normalized spacial score (nSPS) is 11.8. The molecule has 0 aliphatic heterocycles. The topological polar surface area (TPSA) is 85.4 Å². The summed E-state index contributed by atoms with van der Waals surface area (Å²) in [6.45, 7) is -0.570. The second kappa shape index (κ2) is 5.99. The lowest BCUT2D eigenvalue weighted by Crippen LogP contribution is -2.21. The molecule has 5 nitrogen and oxygen atoms in total. The van der Waals surface area contributed by atoms with E-state index in [2.05, 4.69) is 9.72 Å². The molecule has 0 fully saturated rings. The van der Waals surface area contributed by atoms with Crippen molar-refractivity contribution in [2.75, 3.05) is 0 Å². The number of hydrogen-bond acceptors (Lipinski definition) is 4. The number of carboxylic acid groups (broad SMARTS) is 1. The highest BCUT2D eigenvalue weighted by Crippen LogP contribution is 2.32. The van der Waals surface area contributed by atoms with Gasteiger partial charge in [-0.3, -0.25) is 4.79 Å². The van der Waals surface area contributed by atoms with Crippen LogP contribution in [0.25, 0.3) is 0 Å². The second-order valence-electron chi connectivity index (χ2n) is 3.60. The van der Waals surface area contributed by atoms with Crippen LogP contribution >= 0.6 is 0 Å². The first kappa shape index (κ1) is 16.1. The molecule has 0 aliphatic carbocycles. The first-order valence-electron chi connectivity index (χ1n) is 5.12. The van der Waals surface area contributed by atoms with Crippen molar-refractivity contribution < 1.29 is 36.6 Å². The number of aliphatic carboxylic acids is 1. The van der Waals surface area contributed by atoms with E-state index in [1.807, 2.05) is 0 Å². The van der Waals surface area contributed by atoms with Crippen LogP contribution in [0.5, 0.6) is 5.88 Å². The van der Waals surface area contributed by atoms with Crippen molar-refractivity contribution in [1.29, 1.82) is 0 Å². The summed E-state index contributed by atoms with van der Waals surface area (Å²) < 4.78 is 65.4. The Morgan fingerprint density at radius 2 is 2.00 bits per heavy atom. The molecular weight excluding hydrogens is 291 g/mol. The minimum Gasteiger partial charge on any atom is -0.481 e. The van der Waals surface area contributed by atoms with Gasteiger partial charge in [-0.2, -0.15) is 0 Å². The van der Waals surface area contributed by atoms with E-state index in [1.54, 1.807) is 0 Å². The molecule has 0 amide bonds. The van der Waals surface area contributed by atoms with Gasteiger partial charge in [-0.05, 0) is 5.56 Å². The number of rotatable bonds is 5. The summed E-state index contributed by atoms with van der Waals surface area (Å²) >= 11 is 0. The summed E-state index contributed by atoms with van der Waals surface area (Å²) in [5.41, 5.74) is 3.45. The number of aromatic nitrogens is 1. The minimum absolute atomic E-state index is 0.420. The molecule has 0 saturated carbocycles. The first-order valence-corrected chi connectivity index (χ1v) is 5.12. The first-order chi connectivity index (χ1) is 9.15. The van der Waals surface area contributed by atoms with Gasteiger partial charge in [0.05, 0.1) is 6.42 Å². The molecule has 1 rings (SSSR count). The van der Waals surface area contributed by atoms with Crippen molar-refractivity contribution in [3.05, 3.63) is 22.9 Å². The van der Waals surface area contributed by atoms with E-state index in [0.29, 0.717) is 6.20 Å². The van der Waals surface area contributed by atoms with Crippen molar-refractivity contribution >= 4 is 5.97 Å². The maximum absolute atomic E-state index is 12.7. The summed E-state index contributed by atoms with van der Waals surface area (Å²) in [7, 11) is 0. The highest BCUT2D eigenvalue weighted by molar-refractivity contribution is 5.72. The molecule has 0 radical (unpaired) electrons. The highest BCUT2D eigenvalue weighted by Gasteiger charge is 2.34. The lowest BCUT2D eigenvalue weighted by Gasteiger charge is -2.16. The second-order valence-corrected chi connectivity index (χ2v) is 3.60. The Bertz CT molecular complexity index is 504. The zero-order valence-electron chi connectivity index (χ0n) is 9.75. The molecule has 0 aliphatic rings. The Morgan fingerprint density at radius 3 is 2.40 bits per heavy atom. The predicted octanol–water partition coefficient (Wildman–Crippen LogP) is 2.00. The molecule has 0 saturated heterocycles.